The zero-order chi connectivity index (χ0) is 22.3. The third-order valence-electron chi connectivity index (χ3n) is 4.94. The maximum Gasteiger partial charge on any atom is 0.260 e. The number of benzene rings is 2. The molecular weight excluding hydrogens is 423 g/mol. The van der Waals surface area contributed by atoms with Crippen molar-refractivity contribution < 1.29 is 27.1 Å². The highest BCUT2D eigenvalue weighted by Crippen LogP contribution is 2.22. The first kappa shape index (κ1) is 23.0. The van der Waals surface area contributed by atoms with Gasteiger partial charge in [-0.15, -0.1) is 0 Å². The second-order valence-corrected chi connectivity index (χ2v) is 9.23. The van der Waals surface area contributed by atoms with Gasteiger partial charge in [-0.05, 0) is 68.3 Å². The van der Waals surface area contributed by atoms with Crippen molar-refractivity contribution in [2.75, 3.05) is 26.2 Å². The molecule has 3 rings (SSSR count). The number of rotatable bonds is 9. The van der Waals surface area contributed by atoms with E-state index in [9.17, 15) is 17.6 Å². The van der Waals surface area contributed by atoms with E-state index in [-0.39, 0.29) is 29.8 Å². The molecule has 0 aromatic heterocycles. The van der Waals surface area contributed by atoms with Crippen LogP contribution in [0.2, 0.25) is 0 Å². The lowest BCUT2D eigenvalue weighted by Gasteiger charge is -2.25. The molecule has 7 nitrogen and oxygen atoms in total. The summed E-state index contributed by atoms with van der Waals surface area (Å²) in [6.45, 7) is 3.19. The van der Waals surface area contributed by atoms with Crippen LogP contribution in [0, 0.1) is 5.82 Å². The number of sulfonamides is 1. The zero-order valence-electron chi connectivity index (χ0n) is 17.4. The number of amides is 1. The topological polar surface area (TPSA) is 84.9 Å². The number of nitrogens with zero attached hydrogens (tertiary/aromatic N) is 1. The molecule has 168 valence electrons. The summed E-state index contributed by atoms with van der Waals surface area (Å²) in [5.41, 5.74) is 0. The summed E-state index contributed by atoms with van der Waals surface area (Å²) >= 11 is 0. The molecule has 1 aliphatic rings. The molecule has 0 bridgehead atoms. The molecular formula is C22H27FN2O5S. The van der Waals surface area contributed by atoms with Crippen LogP contribution < -0.4 is 14.8 Å². The Morgan fingerprint density at radius 1 is 1.03 bits per heavy atom. The van der Waals surface area contributed by atoms with E-state index in [2.05, 4.69) is 5.32 Å². The molecule has 1 heterocycles. The van der Waals surface area contributed by atoms with Crippen LogP contribution >= 0.6 is 0 Å². The standard InChI is InChI=1S/C22H27FN2O5S/c1-17(30-20-7-5-18(23)6-8-20)22(26)24-13-16-29-19-9-11-21(12-10-19)31(27,28)25-14-3-2-4-15-25/h5-12,17H,2-4,13-16H2,1H3,(H,24,26)/t17-/m1/s1. The quantitative estimate of drug-likeness (QED) is 0.594. The number of carbonyl (C=O) groups excluding carboxylic acids is 1. The normalized spacial score (nSPS) is 15.8. The Morgan fingerprint density at radius 3 is 2.29 bits per heavy atom. The largest absolute Gasteiger partial charge is 0.492 e. The van der Waals surface area contributed by atoms with E-state index in [1.165, 1.54) is 40.7 Å². The number of carbonyl (C=O) groups is 1. The van der Waals surface area contributed by atoms with Gasteiger partial charge in [-0.25, -0.2) is 12.8 Å². The van der Waals surface area contributed by atoms with Crippen molar-refractivity contribution in [2.45, 2.75) is 37.2 Å². The Hall–Kier alpha value is -2.65. The maximum atomic E-state index is 12.9. The van der Waals surface area contributed by atoms with E-state index < -0.39 is 16.1 Å². The van der Waals surface area contributed by atoms with Gasteiger partial charge < -0.3 is 14.8 Å². The molecule has 1 amide bonds. The predicted octanol–water partition coefficient (Wildman–Crippen LogP) is 2.96. The molecule has 2 aromatic rings. The molecule has 1 N–H and O–H groups in total. The lowest BCUT2D eigenvalue weighted by molar-refractivity contribution is -0.127. The van der Waals surface area contributed by atoms with Gasteiger partial charge in [0.05, 0.1) is 11.4 Å². The summed E-state index contributed by atoms with van der Waals surface area (Å²) in [6, 6.07) is 11.7. The molecule has 1 saturated heterocycles. The molecule has 31 heavy (non-hydrogen) atoms. The van der Waals surface area contributed by atoms with E-state index in [0.29, 0.717) is 24.6 Å². The van der Waals surface area contributed by atoms with Gasteiger partial charge in [-0.2, -0.15) is 4.31 Å². The Labute approximate surface area is 182 Å². The minimum absolute atomic E-state index is 0.216. The highest BCUT2D eigenvalue weighted by atomic mass is 32.2. The average molecular weight is 451 g/mol. The number of hydrogen-bond acceptors (Lipinski definition) is 5. The first-order valence-corrected chi connectivity index (χ1v) is 11.7. The van der Waals surface area contributed by atoms with Crippen molar-refractivity contribution in [1.82, 2.24) is 9.62 Å². The van der Waals surface area contributed by atoms with Crippen molar-refractivity contribution in [3.8, 4) is 11.5 Å². The smallest absolute Gasteiger partial charge is 0.260 e. The van der Waals surface area contributed by atoms with Crippen LogP contribution in [0.3, 0.4) is 0 Å². The van der Waals surface area contributed by atoms with Crippen molar-refractivity contribution >= 4 is 15.9 Å². The molecule has 1 fully saturated rings. The van der Waals surface area contributed by atoms with Gasteiger partial charge in [0.25, 0.3) is 5.91 Å². The summed E-state index contributed by atoms with van der Waals surface area (Å²) < 4.78 is 50.8. The fraction of sp³-hybridized carbons (Fsp3) is 0.409. The monoisotopic (exact) mass is 450 g/mol. The number of hydrogen-bond donors (Lipinski definition) is 1. The predicted molar refractivity (Wildman–Crippen MR) is 114 cm³/mol. The van der Waals surface area contributed by atoms with E-state index in [4.69, 9.17) is 9.47 Å². The van der Waals surface area contributed by atoms with Gasteiger partial charge in [0.2, 0.25) is 10.0 Å². The van der Waals surface area contributed by atoms with Crippen LogP contribution in [-0.4, -0.2) is 51.0 Å². The van der Waals surface area contributed by atoms with Gasteiger partial charge in [0.15, 0.2) is 6.10 Å². The molecule has 1 atom stereocenters. The van der Waals surface area contributed by atoms with Gasteiger partial charge in [0.1, 0.15) is 23.9 Å². The molecule has 0 radical (unpaired) electrons. The molecule has 0 aliphatic carbocycles. The minimum atomic E-state index is -3.47. The zero-order valence-corrected chi connectivity index (χ0v) is 18.2. The minimum Gasteiger partial charge on any atom is -0.492 e. The van der Waals surface area contributed by atoms with E-state index in [1.54, 1.807) is 19.1 Å². The highest BCUT2D eigenvalue weighted by Gasteiger charge is 2.25. The van der Waals surface area contributed by atoms with Gasteiger partial charge in [-0.3, -0.25) is 4.79 Å². The van der Waals surface area contributed by atoms with Gasteiger partial charge in [-0.1, -0.05) is 6.42 Å². The van der Waals surface area contributed by atoms with Crippen LogP contribution in [0.4, 0.5) is 4.39 Å². The summed E-state index contributed by atoms with van der Waals surface area (Å²) in [4.78, 5) is 12.3. The van der Waals surface area contributed by atoms with Crippen molar-refractivity contribution in [2.24, 2.45) is 0 Å². The Balaban J connectivity index is 1.42. The molecule has 2 aromatic carbocycles. The summed E-state index contributed by atoms with van der Waals surface area (Å²) in [5, 5.41) is 2.70. The van der Waals surface area contributed by atoms with E-state index in [1.807, 2.05) is 0 Å². The highest BCUT2D eigenvalue weighted by molar-refractivity contribution is 7.89. The summed E-state index contributed by atoms with van der Waals surface area (Å²) in [5.74, 6) is 0.219. The number of halogens is 1. The molecule has 9 heteroatoms. The Bertz CT molecular complexity index is 958. The summed E-state index contributed by atoms with van der Waals surface area (Å²) in [6.07, 6.45) is 2.09. The Morgan fingerprint density at radius 2 is 1.65 bits per heavy atom. The van der Waals surface area contributed by atoms with Crippen LogP contribution in [0.25, 0.3) is 0 Å². The average Bonchev–Trinajstić information content (AvgIpc) is 2.79. The lowest BCUT2D eigenvalue weighted by Crippen LogP contribution is -2.38. The SMILES string of the molecule is C[C@@H](Oc1ccc(F)cc1)C(=O)NCCOc1ccc(S(=O)(=O)N2CCCCC2)cc1. The number of piperidine rings is 1. The molecule has 0 unspecified atom stereocenters. The van der Waals surface area contributed by atoms with E-state index >= 15 is 0 Å². The van der Waals surface area contributed by atoms with Crippen LogP contribution in [0.15, 0.2) is 53.4 Å². The summed E-state index contributed by atoms with van der Waals surface area (Å²) in [7, 11) is -3.47. The molecule has 0 spiro atoms. The van der Waals surface area contributed by atoms with Crippen LogP contribution in [0.5, 0.6) is 11.5 Å². The fourth-order valence-corrected chi connectivity index (χ4v) is 4.74. The molecule has 0 saturated carbocycles. The second kappa shape index (κ2) is 10.6. The maximum absolute atomic E-state index is 12.9. The number of ether oxygens (including phenoxy) is 2. The second-order valence-electron chi connectivity index (χ2n) is 7.29. The van der Waals surface area contributed by atoms with Gasteiger partial charge >= 0.3 is 0 Å². The van der Waals surface area contributed by atoms with Crippen molar-refractivity contribution in [1.29, 1.82) is 0 Å². The number of nitrogens with one attached hydrogen (secondary N) is 1. The third kappa shape index (κ3) is 6.41. The Kier molecular flexibility index (Phi) is 7.86. The third-order valence-corrected chi connectivity index (χ3v) is 6.86. The molecule has 1 aliphatic heterocycles. The van der Waals surface area contributed by atoms with Crippen molar-refractivity contribution in [3.05, 3.63) is 54.3 Å². The van der Waals surface area contributed by atoms with E-state index in [0.717, 1.165) is 19.3 Å². The first-order valence-electron chi connectivity index (χ1n) is 10.3. The van der Waals surface area contributed by atoms with Crippen LogP contribution in [-0.2, 0) is 14.8 Å². The first-order chi connectivity index (χ1) is 14.9. The van der Waals surface area contributed by atoms with Crippen molar-refractivity contribution in [3.63, 3.8) is 0 Å². The fourth-order valence-electron chi connectivity index (χ4n) is 3.22. The van der Waals surface area contributed by atoms with Crippen LogP contribution in [0.1, 0.15) is 26.2 Å². The van der Waals surface area contributed by atoms with Gasteiger partial charge in [0, 0.05) is 13.1 Å². The lowest BCUT2D eigenvalue weighted by atomic mass is 10.2.